The van der Waals surface area contributed by atoms with E-state index in [0.717, 1.165) is 29.9 Å². The summed E-state index contributed by atoms with van der Waals surface area (Å²) >= 11 is 12.7. The largest absolute Gasteiger partial charge is 0.339 e. The number of rotatable bonds is 5. The summed E-state index contributed by atoms with van der Waals surface area (Å²) in [4.78, 5) is 37.0. The third-order valence-electron chi connectivity index (χ3n) is 6.90. The van der Waals surface area contributed by atoms with Crippen molar-refractivity contribution >= 4 is 35.0 Å². The van der Waals surface area contributed by atoms with Crippen LogP contribution in [0.25, 0.3) is 0 Å². The molecule has 9 heteroatoms. The predicted octanol–water partition coefficient (Wildman–Crippen LogP) is 3.09. The first-order valence-electron chi connectivity index (χ1n) is 11.5. The van der Waals surface area contributed by atoms with Gasteiger partial charge in [0.1, 0.15) is 6.54 Å². The molecule has 178 valence electrons. The number of pyridine rings is 1. The number of hydrogen-bond donors (Lipinski definition) is 1. The lowest BCUT2D eigenvalue weighted by atomic mass is 9.84. The molecular formula is C24H31Cl2N5O2. The van der Waals surface area contributed by atoms with E-state index in [4.69, 9.17) is 33.9 Å². The molecule has 33 heavy (non-hydrogen) atoms. The second-order valence-electron chi connectivity index (χ2n) is 9.19. The smallest absolute Gasteiger partial charge is 0.256 e. The first-order chi connectivity index (χ1) is 15.7. The summed E-state index contributed by atoms with van der Waals surface area (Å²) in [6, 6.07) is 0.465. The van der Waals surface area contributed by atoms with Crippen LogP contribution in [0.4, 0.5) is 0 Å². The summed E-state index contributed by atoms with van der Waals surface area (Å²) in [6.07, 6.45) is 4.21. The highest BCUT2D eigenvalue weighted by Crippen LogP contribution is 2.42. The number of nitrogens with zero attached hydrogens (tertiary/aromatic N) is 4. The normalized spacial score (nSPS) is 21.4. The summed E-state index contributed by atoms with van der Waals surface area (Å²) in [5.74, 6) is -0.407. The van der Waals surface area contributed by atoms with Crippen LogP contribution in [-0.2, 0) is 17.9 Å². The van der Waals surface area contributed by atoms with Crippen LogP contribution in [0.1, 0.15) is 59.1 Å². The van der Waals surface area contributed by atoms with Gasteiger partial charge >= 0.3 is 0 Å². The molecule has 2 aliphatic heterocycles. The van der Waals surface area contributed by atoms with Gasteiger partial charge in [0.25, 0.3) is 5.91 Å². The Bertz CT molecular complexity index is 1030. The van der Waals surface area contributed by atoms with E-state index in [9.17, 15) is 9.59 Å². The SMILES string of the molecule is Cc1nc2c(c(C3CC=C(Cl)C=C3Cl)c1CN)C(=O)N(CC(=O)N1CCN(C(C)C)CC1)C2. The van der Waals surface area contributed by atoms with E-state index in [1.807, 2.05) is 17.9 Å². The molecule has 4 rings (SSSR count). The number of aryl methyl sites for hydroxylation is 1. The average molecular weight is 492 g/mol. The molecule has 1 saturated heterocycles. The Morgan fingerprint density at radius 1 is 1.24 bits per heavy atom. The van der Waals surface area contributed by atoms with Gasteiger partial charge in [-0.05, 0) is 44.4 Å². The van der Waals surface area contributed by atoms with Crippen LogP contribution >= 0.6 is 23.2 Å². The molecule has 0 radical (unpaired) electrons. The molecule has 0 bridgehead atoms. The van der Waals surface area contributed by atoms with Crippen LogP contribution in [0, 0.1) is 6.92 Å². The van der Waals surface area contributed by atoms with Gasteiger partial charge in [-0.1, -0.05) is 29.3 Å². The Balaban J connectivity index is 1.57. The number of piperazine rings is 1. The van der Waals surface area contributed by atoms with Crippen LogP contribution in [-0.4, -0.2) is 70.3 Å². The van der Waals surface area contributed by atoms with Gasteiger partial charge in [0.05, 0.1) is 17.8 Å². The molecule has 1 aromatic rings. The summed E-state index contributed by atoms with van der Waals surface area (Å²) in [7, 11) is 0. The van der Waals surface area contributed by atoms with Crippen LogP contribution < -0.4 is 5.73 Å². The van der Waals surface area contributed by atoms with E-state index in [2.05, 4.69) is 18.7 Å². The van der Waals surface area contributed by atoms with Gasteiger partial charge in [0.15, 0.2) is 0 Å². The first-order valence-corrected chi connectivity index (χ1v) is 12.2. The average Bonchev–Trinajstić information content (AvgIpc) is 3.07. The van der Waals surface area contributed by atoms with Gasteiger partial charge in [-0.25, -0.2) is 0 Å². The number of carbonyl (C=O) groups is 2. The van der Waals surface area contributed by atoms with Gasteiger partial charge in [0.2, 0.25) is 5.91 Å². The first kappa shape index (κ1) is 24.2. The second-order valence-corrected chi connectivity index (χ2v) is 10.1. The van der Waals surface area contributed by atoms with Crippen molar-refractivity contribution in [1.29, 1.82) is 0 Å². The van der Waals surface area contributed by atoms with E-state index in [1.54, 1.807) is 11.0 Å². The predicted molar refractivity (Wildman–Crippen MR) is 130 cm³/mol. The highest BCUT2D eigenvalue weighted by atomic mass is 35.5. The maximum absolute atomic E-state index is 13.5. The zero-order chi connectivity index (χ0) is 23.9. The van der Waals surface area contributed by atoms with E-state index in [1.165, 1.54) is 0 Å². The van der Waals surface area contributed by atoms with E-state index in [-0.39, 0.29) is 30.8 Å². The highest BCUT2D eigenvalue weighted by Gasteiger charge is 2.38. The van der Waals surface area contributed by atoms with Crippen LogP contribution in [0.2, 0.25) is 0 Å². The van der Waals surface area contributed by atoms with Gasteiger partial charge in [-0.15, -0.1) is 0 Å². The van der Waals surface area contributed by atoms with Crippen molar-refractivity contribution in [3.8, 4) is 0 Å². The maximum atomic E-state index is 13.5. The Morgan fingerprint density at radius 3 is 2.55 bits per heavy atom. The third-order valence-corrected chi connectivity index (χ3v) is 7.53. The lowest BCUT2D eigenvalue weighted by molar-refractivity contribution is -0.133. The fraction of sp³-hybridized carbons (Fsp3) is 0.542. The molecule has 7 nitrogen and oxygen atoms in total. The summed E-state index contributed by atoms with van der Waals surface area (Å²) < 4.78 is 0. The van der Waals surface area contributed by atoms with Crippen LogP contribution in [0.5, 0.6) is 0 Å². The highest BCUT2D eigenvalue weighted by molar-refractivity contribution is 6.35. The topological polar surface area (TPSA) is 82.8 Å². The number of aromatic nitrogens is 1. The number of nitrogens with two attached hydrogens (primary N) is 1. The van der Waals surface area contributed by atoms with Crippen LogP contribution in [0.15, 0.2) is 22.2 Å². The lowest BCUT2D eigenvalue weighted by Crippen LogP contribution is -2.52. The van der Waals surface area contributed by atoms with E-state index >= 15 is 0 Å². The molecule has 0 aromatic carbocycles. The molecule has 3 heterocycles. The van der Waals surface area contributed by atoms with Gasteiger partial charge in [-0.2, -0.15) is 0 Å². The summed E-state index contributed by atoms with van der Waals surface area (Å²) in [5, 5.41) is 1.17. The summed E-state index contributed by atoms with van der Waals surface area (Å²) in [5.41, 5.74) is 9.77. The molecule has 3 aliphatic rings. The van der Waals surface area contributed by atoms with Gasteiger partial charge < -0.3 is 15.5 Å². The standard InChI is InChI=1S/C24H31Cl2N5O2/c1-14(2)29-6-8-30(9-7-29)21(32)13-31-12-20-23(24(31)33)22(18(11-27)15(3)28-20)17-5-4-16(25)10-19(17)26/h4,10,14,17H,5-9,11-13,27H2,1-3H3. The molecule has 2 amide bonds. The fourth-order valence-electron chi connectivity index (χ4n) is 5.00. The number of carbonyl (C=O) groups excluding carboxylic acids is 2. The van der Waals surface area contributed by atoms with Crippen LogP contribution in [0.3, 0.4) is 0 Å². The monoisotopic (exact) mass is 491 g/mol. The third kappa shape index (κ3) is 4.69. The number of allylic oxidation sites excluding steroid dienone is 4. The molecular weight excluding hydrogens is 461 g/mol. The minimum Gasteiger partial charge on any atom is -0.339 e. The molecule has 2 N–H and O–H groups in total. The Hall–Kier alpha value is -1.93. The molecule has 0 spiro atoms. The van der Waals surface area contributed by atoms with Crippen molar-refractivity contribution in [3.05, 3.63) is 50.3 Å². The molecule has 0 saturated carbocycles. The second kappa shape index (κ2) is 9.74. The van der Waals surface area contributed by atoms with Gasteiger partial charge in [-0.3, -0.25) is 19.5 Å². The minimum absolute atomic E-state index is 0.0257. The van der Waals surface area contributed by atoms with E-state index < -0.39 is 0 Å². The molecule has 1 aliphatic carbocycles. The fourth-order valence-corrected chi connectivity index (χ4v) is 5.58. The zero-order valence-corrected chi connectivity index (χ0v) is 20.9. The van der Waals surface area contributed by atoms with Gasteiger partial charge in [0, 0.05) is 60.4 Å². The minimum atomic E-state index is -0.202. The molecule has 1 atom stereocenters. The maximum Gasteiger partial charge on any atom is 0.256 e. The number of hydrogen-bond acceptors (Lipinski definition) is 5. The van der Waals surface area contributed by atoms with Crippen molar-refractivity contribution in [2.45, 2.75) is 52.2 Å². The Kier molecular flexibility index (Phi) is 7.15. The molecule has 1 aromatic heterocycles. The van der Waals surface area contributed by atoms with E-state index in [0.29, 0.717) is 53.4 Å². The van der Waals surface area contributed by atoms with Crippen molar-refractivity contribution in [2.75, 3.05) is 32.7 Å². The molecule has 1 fully saturated rings. The number of halogens is 2. The van der Waals surface area contributed by atoms with Crippen molar-refractivity contribution in [1.82, 2.24) is 19.7 Å². The summed E-state index contributed by atoms with van der Waals surface area (Å²) in [6.45, 7) is 9.92. The quantitative estimate of drug-likeness (QED) is 0.683. The lowest BCUT2D eigenvalue weighted by Gasteiger charge is -2.37. The van der Waals surface area contributed by atoms with Crippen molar-refractivity contribution < 1.29 is 9.59 Å². The Morgan fingerprint density at radius 2 is 1.94 bits per heavy atom. The zero-order valence-electron chi connectivity index (χ0n) is 19.4. The molecule has 1 unspecified atom stereocenters. The van der Waals surface area contributed by atoms with Crippen molar-refractivity contribution in [2.24, 2.45) is 5.73 Å². The number of fused-ring (bicyclic) bond motifs is 1. The Labute approximate surface area is 205 Å². The van der Waals surface area contributed by atoms with Crippen molar-refractivity contribution in [3.63, 3.8) is 0 Å². The number of amides is 2.